The van der Waals surface area contributed by atoms with Gasteiger partial charge in [0.05, 0.1) is 18.8 Å². The van der Waals surface area contributed by atoms with Crippen molar-refractivity contribution in [1.29, 1.82) is 0 Å². The van der Waals surface area contributed by atoms with Crippen molar-refractivity contribution in [3.63, 3.8) is 0 Å². The van der Waals surface area contributed by atoms with Crippen LogP contribution in [0.15, 0.2) is 18.3 Å². The van der Waals surface area contributed by atoms with Crippen molar-refractivity contribution >= 4 is 11.6 Å². The van der Waals surface area contributed by atoms with Gasteiger partial charge in [0.2, 0.25) is 0 Å². The summed E-state index contributed by atoms with van der Waals surface area (Å²) in [6.45, 7) is 9.48. The van der Waals surface area contributed by atoms with Crippen molar-refractivity contribution < 1.29 is 14.3 Å². The van der Waals surface area contributed by atoms with E-state index in [1.807, 2.05) is 24.0 Å². The van der Waals surface area contributed by atoms with Crippen LogP contribution in [0.3, 0.4) is 0 Å². The summed E-state index contributed by atoms with van der Waals surface area (Å²) < 4.78 is 11.2. The second kappa shape index (κ2) is 7.49. The summed E-state index contributed by atoms with van der Waals surface area (Å²) in [6, 6.07) is 3.87. The number of piperidine rings is 1. The second-order valence-electron chi connectivity index (χ2n) is 6.67. The monoisotopic (exact) mass is 333 g/mol. The third kappa shape index (κ3) is 3.87. The molecule has 2 aliphatic rings. The minimum atomic E-state index is -0.103. The van der Waals surface area contributed by atoms with Crippen LogP contribution in [0.5, 0.6) is 0 Å². The summed E-state index contributed by atoms with van der Waals surface area (Å²) in [4.78, 5) is 21.2. The molecule has 1 aromatic heterocycles. The molecule has 0 radical (unpaired) electrons. The first kappa shape index (κ1) is 17.2. The van der Waals surface area contributed by atoms with Gasteiger partial charge in [0.25, 0.3) is 5.91 Å². The quantitative estimate of drug-likeness (QED) is 0.843. The predicted octanol–water partition coefficient (Wildman–Crippen LogP) is 1.95. The zero-order chi connectivity index (χ0) is 17.0. The largest absolute Gasteiger partial charge is 0.378 e. The second-order valence-corrected chi connectivity index (χ2v) is 6.67. The van der Waals surface area contributed by atoms with Crippen LogP contribution in [0.2, 0.25) is 0 Å². The Hall–Kier alpha value is -1.66. The Kier molecular flexibility index (Phi) is 5.36. The lowest BCUT2D eigenvalue weighted by atomic mass is 9.93. The normalized spacial score (nSPS) is 20.9. The minimum absolute atomic E-state index is 0.0173. The van der Waals surface area contributed by atoms with Crippen LogP contribution in [-0.2, 0) is 9.47 Å². The number of likely N-dealkylation sites (tertiary alicyclic amines) is 1. The number of nitrogens with zero attached hydrogens (tertiary/aromatic N) is 3. The number of carbonyl (C=O) groups excluding carboxylic acids is 1. The number of hydrogen-bond acceptors (Lipinski definition) is 5. The summed E-state index contributed by atoms with van der Waals surface area (Å²) in [7, 11) is 0. The molecule has 0 bridgehead atoms. The van der Waals surface area contributed by atoms with E-state index >= 15 is 0 Å². The third-order valence-electron chi connectivity index (χ3n) is 4.94. The molecule has 0 atom stereocenters. The molecule has 6 nitrogen and oxygen atoms in total. The molecule has 0 unspecified atom stereocenters. The third-order valence-corrected chi connectivity index (χ3v) is 4.94. The van der Waals surface area contributed by atoms with Gasteiger partial charge in [-0.3, -0.25) is 9.78 Å². The maximum Gasteiger partial charge on any atom is 0.272 e. The number of carbonyl (C=O) groups is 1. The maximum atomic E-state index is 12.8. The lowest BCUT2D eigenvalue weighted by molar-refractivity contribution is -0.0612. The van der Waals surface area contributed by atoms with E-state index in [1.54, 1.807) is 6.20 Å². The maximum absolute atomic E-state index is 12.8. The molecule has 24 heavy (non-hydrogen) atoms. The standard InChI is InChI=1S/C18H27N3O3/c1-3-24-18(2)5-8-21(9-6-18)17(22)16-14-15(4-7-19-16)20-10-12-23-13-11-20/h4,7,14H,3,5-6,8-13H2,1-2H3. The van der Waals surface area contributed by atoms with E-state index in [1.165, 1.54) is 0 Å². The van der Waals surface area contributed by atoms with Crippen molar-refractivity contribution in [2.45, 2.75) is 32.3 Å². The van der Waals surface area contributed by atoms with Gasteiger partial charge in [-0.05, 0) is 38.8 Å². The van der Waals surface area contributed by atoms with Gasteiger partial charge in [-0.1, -0.05) is 0 Å². The molecule has 1 aromatic rings. The number of amides is 1. The van der Waals surface area contributed by atoms with E-state index in [0.29, 0.717) is 12.3 Å². The van der Waals surface area contributed by atoms with Crippen molar-refractivity contribution in [3.05, 3.63) is 24.0 Å². The zero-order valence-electron chi connectivity index (χ0n) is 14.7. The van der Waals surface area contributed by atoms with E-state index < -0.39 is 0 Å². The molecule has 0 aromatic carbocycles. The highest BCUT2D eigenvalue weighted by atomic mass is 16.5. The van der Waals surface area contributed by atoms with Crippen LogP contribution in [0, 0.1) is 0 Å². The number of anilines is 1. The smallest absolute Gasteiger partial charge is 0.272 e. The van der Waals surface area contributed by atoms with Crippen molar-refractivity contribution in [3.8, 4) is 0 Å². The molecule has 0 spiro atoms. The lowest BCUT2D eigenvalue weighted by Gasteiger charge is -2.39. The first-order valence-electron chi connectivity index (χ1n) is 8.83. The van der Waals surface area contributed by atoms with Crippen molar-refractivity contribution in [2.24, 2.45) is 0 Å². The van der Waals surface area contributed by atoms with E-state index in [2.05, 4.69) is 16.8 Å². The summed E-state index contributed by atoms with van der Waals surface area (Å²) in [5.74, 6) is 0.0173. The molecule has 132 valence electrons. The molecule has 2 aliphatic heterocycles. The average Bonchev–Trinajstić information content (AvgIpc) is 2.63. The highest BCUT2D eigenvalue weighted by Crippen LogP contribution is 2.27. The van der Waals surface area contributed by atoms with Gasteiger partial charge in [0, 0.05) is 44.7 Å². The Bertz CT molecular complexity index is 564. The first-order chi connectivity index (χ1) is 11.6. The van der Waals surface area contributed by atoms with Crippen LogP contribution < -0.4 is 4.90 Å². The minimum Gasteiger partial charge on any atom is -0.378 e. The van der Waals surface area contributed by atoms with E-state index in [-0.39, 0.29) is 11.5 Å². The fourth-order valence-corrected chi connectivity index (χ4v) is 3.39. The fraction of sp³-hybridized carbons (Fsp3) is 0.667. The Balaban J connectivity index is 1.65. The van der Waals surface area contributed by atoms with E-state index in [4.69, 9.17) is 9.47 Å². The number of hydrogen-bond donors (Lipinski definition) is 0. The average molecular weight is 333 g/mol. The van der Waals surface area contributed by atoms with Crippen molar-refractivity contribution in [1.82, 2.24) is 9.88 Å². The van der Waals surface area contributed by atoms with E-state index in [9.17, 15) is 4.79 Å². The summed E-state index contributed by atoms with van der Waals surface area (Å²) in [6.07, 6.45) is 3.47. The van der Waals surface area contributed by atoms with Crippen LogP contribution >= 0.6 is 0 Å². The van der Waals surface area contributed by atoms with Gasteiger partial charge in [0.15, 0.2) is 0 Å². The Morgan fingerprint density at radius 1 is 1.29 bits per heavy atom. The molecular weight excluding hydrogens is 306 g/mol. The zero-order valence-corrected chi connectivity index (χ0v) is 14.7. The van der Waals surface area contributed by atoms with Gasteiger partial charge in [-0.15, -0.1) is 0 Å². The molecule has 3 heterocycles. The molecule has 0 N–H and O–H groups in total. The topological polar surface area (TPSA) is 54.9 Å². The molecule has 3 rings (SSSR count). The van der Waals surface area contributed by atoms with Crippen LogP contribution in [0.4, 0.5) is 5.69 Å². The van der Waals surface area contributed by atoms with Crippen molar-refractivity contribution in [2.75, 3.05) is 50.9 Å². The highest BCUT2D eigenvalue weighted by molar-refractivity contribution is 5.93. The van der Waals surface area contributed by atoms with Gasteiger partial charge in [-0.2, -0.15) is 0 Å². The van der Waals surface area contributed by atoms with E-state index in [0.717, 1.165) is 57.9 Å². The van der Waals surface area contributed by atoms with Crippen LogP contribution in [-0.4, -0.2) is 67.4 Å². The predicted molar refractivity (Wildman–Crippen MR) is 92.4 cm³/mol. The molecule has 0 aliphatic carbocycles. The Labute approximate surface area is 143 Å². The molecule has 2 fully saturated rings. The number of pyridine rings is 1. The number of rotatable bonds is 4. The molecule has 6 heteroatoms. The molecule has 2 saturated heterocycles. The molecule has 1 amide bonds. The SMILES string of the molecule is CCOC1(C)CCN(C(=O)c2cc(N3CCOCC3)ccn2)CC1. The number of ether oxygens (including phenoxy) is 2. The van der Waals surface area contributed by atoms with Gasteiger partial charge >= 0.3 is 0 Å². The molecular formula is C18H27N3O3. The summed E-state index contributed by atoms with van der Waals surface area (Å²) in [5.41, 5.74) is 1.47. The summed E-state index contributed by atoms with van der Waals surface area (Å²) >= 11 is 0. The van der Waals surface area contributed by atoms with Crippen LogP contribution in [0.25, 0.3) is 0 Å². The lowest BCUT2D eigenvalue weighted by Crippen LogP contribution is -2.46. The van der Waals surface area contributed by atoms with Gasteiger partial charge in [-0.25, -0.2) is 0 Å². The van der Waals surface area contributed by atoms with Gasteiger partial charge < -0.3 is 19.3 Å². The van der Waals surface area contributed by atoms with Gasteiger partial charge in [0.1, 0.15) is 5.69 Å². The number of aromatic nitrogens is 1. The Morgan fingerprint density at radius 2 is 2.00 bits per heavy atom. The highest BCUT2D eigenvalue weighted by Gasteiger charge is 2.33. The van der Waals surface area contributed by atoms with Crippen LogP contribution in [0.1, 0.15) is 37.2 Å². The first-order valence-corrected chi connectivity index (χ1v) is 8.83. The summed E-state index contributed by atoms with van der Waals surface area (Å²) in [5, 5.41) is 0. The fourth-order valence-electron chi connectivity index (χ4n) is 3.39. The Morgan fingerprint density at radius 3 is 2.67 bits per heavy atom. The molecule has 0 saturated carbocycles. The number of morpholine rings is 1.